The molecule has 0 saturated heterocycles. The molecule has 1 amide bonds. The summed E-state index contributed by atoms with van der Waals surface area (Å²) in [5.41, 5.74) is 7.71. The summed E-state index contributed by atoms with van der Waals surface area (Å²) < 4.78 is 9.14. The van der Waals surface area contributed by atoms with Crippen LogP contribution in [0.5, 0.6) is 5.75 Å². The van der Waals surface area contributed by atoms with Crippen molar-refractivity contribution in [1.29, 1.82) is 0 Å². The first-order chi connectivity index (χ1) is 18.5. The first-order valence-corrected chi connectivity index (χ1v) is 12.7. The second kappa shape index (κ2) is 13.7. The Hall–Kier alpha value is -4.48. The predicted molar refractivity (Wildman–Crippen MR) is 148 cm³/mol. The van der Waals surface area contributed by atoms with Gasteiger partial charge >= 0.3 is 0 Å². The van der Waals surface area contributed by atoms with Crippen molar-refractivity contribution in [3.63, 3.8) is 0 Å². The zero-order valence-electron chi connectivity index (χ0n) is 22.6. The van der Waals surface area contributed by atoms with E-state index in [4.69, 9.17) is 10.5 Å². The number of nitrogens with one attached hydrogen (secondary N) is 2. The lowest BCUT2D eigenvalue weighted by Gasteiger charge is -2.15. The third-order valence-electron chi connectivity index (χ3n) is 5.50. The predicted octanol–water partition coefficient (Wildman–Crippen LogP) is 4.67. The lowest BCUT2D eigenvalue weighted by atomic mass is 10.1. The number of hydrogen-bond acceptors (Lipinski definition) is 9. The molecule has 0 aliphatic carbocycles. The number of aryl methyl sites for hydroxylation is 2. The summed E-state index contributed by atoms with van der Waals surface area (Å²) in [6.45, 7) is 7.03. The van der Waals surface area contributed by atoms with Crippen molar-refractivity contribution in [3.05, 3.63) is 48.7 Å². The minimum Gasteiger partial charge on any atom is -0.494 e. The second-order valence-electron chi connectivity index (χ2n) is 8.25. The lowest BCUT2D eigenvalue weighted by Crippen LogP contribution is -2.16. The Morgan fingerprint density at radius 3 is 2.61 bits per heavy atom. The fourth-order valence-corrected chi connectivity index (χ4v) is 3.72. The minimum atomic E-state index is -0.662. The number of carbonyl (C=O) groups is 1. The van der Waals surface area contributed by atoms with Crippen molar-refractivity contribution in [2.75, 3.05) is 17.7 Å². The van der Waals surface area contributed by atoms with Crippen LogP contribution in [0.4, 0.5) is 23.1 Å². The molecular weight excluding hydrogens is 484 g/mol. The highest BCUT2D eigenvalue weighted by Gasteiger charge is 2.18. The number of primary amides is 1. The number of amides is 1. The summed E-state index contributed by atoms with van der Waals surface area (Å²) in [4.78, 5) is 25.1. The molecule has 0 radical (unpaired) electrons. The van der Waals surface area contributed by atoms with E-state index in [0.717, 1.165) is 18.7 Å². The van der Waals surface area contributed by atoms with Gasteiger partial charge in [0, 0.05) is 26.0 Å². The molecule has 0 aliphatic heterocycles. The fourth-order valence-electron chi connectivity index (χ4n) is 3.72. The first kappa shape index (κ1) is 28.1. The van der Waals surface area contributed by atoms with Crippen molar-refractivity contribution in [2.45, 2.75) is 53.0 Å². The number of methoxy groups -OCH3 is 1. The molecule has 1 aromatic carbocycles. The Morgan fingerprint density at radius 1 is 1.11 bits per heavy atom. The van der Waals surface area contributed by atoms with E-state index >= 15 is 0 Å². The van der Waals surface area contributed by atoms with Crippen LogP contribution in [-0.2, 0) is 13.6 Å². The number of ether oxygens (including phenoxy) is 1. The Labute approximate surface area is 222 Å². The zero-order chi connectivity index (χ0) is 27.5. The third kappa shape index (κ3) is 7.05. The number of aromatic nitrogens is 7. The van der Waals surface area contributed by atoms with E-state index < -0.39 is 5.91 Å². The molecule has 38 heavy (non-hydrogen) atoms. The number of para-hydroxylation sites is 1. The van der Waals surface area contributed by atoms with Crippen LogP contribution >= 0.6 is 0 Å². The maximum atomic E-state index is 12.1. The molecule has 4 rings (SSSR count). The van der Waals surface area contributed by atoms with Gasteiger partial charge in [-0.3, -0.25) is 14.2 Å². The van der Waals surface area contributed by atoms with Gasteiger partial charge < -0.3 is 21.1 Å². The summed E-state index contributed by atoms with van der Waals surface area (Å²) >= 11 is 0. The van der Waals surface area contributed by atoms with Gasteiger partial charge in [0.05, 0.1) is 30.2 Å². The van der Waals surface area contributed by atoms with Gasteiger partial charge in [-0.1, -0.05) is 46.1 Å². The number of nitrogens with zero attached hydrogens (tertiary/aromatic N) is 7. The maximum Gasteiger partial charge on any atom is 0.254 e. The van der Waals surface area contributed by atoms with Crippen molar-refractivity contribution in [1.82, 2.24) is 34.5 Å². The summed E-state index contributed by atoms with van der Waals surface area (Å²) in [6.07, 6.45) is 11.3. The van der Waals surface area contributed by atoms with Crippen LogP contribution in [0, 0.1) is 0 Å². The Balaban J connectivity index is 0.00000195. The zero-order valence-corrected chi connectivity index (χ0v) is 22.6. The molecule has 4 N–H and O–H groups in total. The summed E-state index contributed by atoms with van der Waals surface area (Å²) in [5, 5.41) is 15.0. The largest absolute Gasteiger partial charge is 0.494 e. The number of carbonyl (C=O) groups excluding carboxylic acids is 1. The van der Waals surface area contributed by atoms with Gasteiger partial charge in [0.15, 0.2) is 11.6 Å². The SMILES string of the molecule is CC.CCCCCCn1cc(Nc2ncc(C(N)=O)c(Nc3cccc(-c4ncn(C)n4)c3OC)n2)cn1. The Kier molecular flexibility index (Phi) is 10.1. The van der Waals surface area contributed by atoms with Crippen LogP contribution < -0.4 is 21.1 Å². The third-order valence-corrected chi connectivity index (χ3v) is 5.50. The molecule has 0 aliphatic rings. The van der Waals surface area contributed by atoms with E-state index in [1.165, 1.54) is 25.5 Å². The average molecular weight is 521 g/mol. The van der Waals surface area contributed by atoms with Gasteiger partial charge in [0.25, 0.3) is 5.91 Å². The fraction of sp³-hybridized carbons (Fsp3) is 0.385. The van der Waals surface area contributed by atoms with Crippen molar-refractivity contribution < 1.29 is 9.53 Å². The van der Waals surface area contributed by atoms with Gasteiger partial charge in [0.2, 0.25) is 5.95 Å². The van der Waals surface area contributed by atoms with Crippen LogP contribution in [0.1, 0.15) is 56.8 Å². The molecule has 3 heterocycles. The molecule has 0 spiro atoms. The van der Waals surface area contributed by atoms with Gasteiger partial charge in [-0.15, -0.1) is 0 Å². The van der Waals surface area contributed by atoms with E-state index in [-0.39, 0.29) is 17.3 Å². The highest BCUT2D eigenvalue weighted by molar-refractivity contribution is 5.98. The molecule has 12 nitrogen and oxygen atoms in total. The van der Waals surface area contributed by atoms with Crippen LogP contribution in [0.25, 0.3) is 11.4 Å². The molecule has 3 aromatic heterocycles. The van der Waals surface area contributed by atoms with E-state index in [9.17, 15) is 4.79 Å². The highest BCUT2D eigenvalue weighted by atomic mass is 16.5. The average Bonchev–Trinajstić information content (AvgIpc) is 3.56. The number of anilines is 4. The van der Waals surface area contributed by atoms with Crippen LogP contribution in [0.2, 0.25) is 0 Å². The molecule has 202 valence electrons. The molecule has 4 aromatic rings. The van der Waals surface area contributed by atoms with Crippen molar-refractivity contribution in [3.8, 4) is 17.1 Å². The van der Waals surface area contributed by atoms with Gasteiger partial charge in [0.1, 0.15) is 17.7 Å². The highest BCUT2D eigenvalue weighted by Crippen LogP contribution is 2.36. The van der Waals surface area contributed by atoms with Crippen molar-refractivity contribution in [2.24, 2.45) is 12.8 Å². The monoisotopic (exact) mass is 520 g/mol. The molecule has 0 unspecified atom stereocenters. The summed E-state index contributed by atoms with van der Waals surface area (Å²) in [6, 6.07) is 5.48. The van der Waals surface area contributed by atoms with Gasteiger partial charge in [-0.25, -0.2) is 9.97 Å². The minimum absolute atomic E-state index is 0.135. The molecule has 12 heteroatoms. The van der Waals surface area contributed by atoms with Crippen LogP contribution in [0.3, 0.4) is 0 Å². The maximum absolute atomic E-state index is 12.1. The van der Waals surface area contributed by atoms with E-state index in [1.807, 2.05) is 36.9 Å². The lowest BCUT2D eigenvalue weighted by molar-refractivity contribution is 0.100. The molecule has 0 atom stereocenters. The van der Waals surface area contributed by atoms with E-state index in [0.29, 0.717) is 22.8 Å². The normalized spacial score (nSPS) is 10.4. The van der Waals surface area contributed by atoms with Crippen LogP contribution in [-0.4, -0.2) is 47.5 Å². The summed E-state index contributed by atoms with van der Waals surface area (Å²) in [5.74, 6) is 0.859. The first-order valence-electron chi connectivity index (χ1n) is 12.7. The van der Waals surface area contributed by atoms with Gasteiger partial charge in [-0.05, 0) is 18.6 Å². The standard InChI is InChI=1S/C24H30N10O2.C2H6/c1-4-5-6-7-11-34-14-16(12-28-34)29-24-26-13-18(21(25)35)23(31-24)30-19-10-8-9-17(20(19)36-3)22-27-15-33(2)32-22;1-2/h8-10,12-15H,4-7,11H2,1-3H3,(H2,25,35)(H2,26,29,30,31);1-2H3. The molecule has 0 saturated carbocycles. The second-order valence-corrected chi connectivity index (χ2v) is 8.25. The van der Waals surface area contributed by atoms with E-state index in [2.05, 4.69) is 42.7 Å². The topological polar surface area (TPSA) is 151 Å². The smallest absolute Gasteiger partial charge is 0.254 e. The van der Waals surface area contributed by atoms with Crippen LogP contribution in [0.15, 0.2) is 43.1 Å². The molecule has 0 bridgehead atoms. The summed E-state index contributed by atoms with van der Waals surface area (Å²) in [7, 11) is 3.34. The Morgan fingerprint density at radius 2 is 1.92 bits per heavy atom. The quantitative estimate of drug-likeness (QED) is 0.226. The number of rotatable bonds is 12. The van der Waals surface area contributed by atoms with E-state index in [1.54, 1.807) is 37.4 Å². The number of benzene rings is 1. The number of hydrogen-bond donors (Lipinski definition) is 3. The van der Waals surface area contributed by atoms with Crippen molar-refractivity contribution >= 4 is 29.0 Å². The number of unbranched alkanes of at least 4 members (excludes halogenated alkanes) is 3. The Bertz CT molecular complexity index is 1330. The molecule has 0 fully saturated rings. The number of nitrogens with two attached hydrogens (primary N) is 1. The molecular formula is C26H36N10O2. The van der Waals surface area contributed by atoms with Gasteiger partial charge in [-0.2, -0.15) is 15.2 Å².